The Hall–Kier alpha value is -3.62. The summed E-state index contributed by atoms with van der Waals surface area (Å²) < 4.78 is 15.8. The van der Waals surface area contributed by atoms with Crippen LogP contribution in [0.1, 0.15) is 19.8 Å². The minimum absolute atomic E-state index is 0.143. The van der Waals surface area contributed by atoms with Gasteiger partial charge in [-0.15, -0.1) is 5.10 Å². The number of carbonyl (C=O) groups is 1. The van der Waals surface area contributed by atoms with Crippen molar-refractivity contribution in [3.63, 3.8) is 0 Å². The summed E-state index contributed by atoms with van der Waals surface area (Å²) in [4.78, 5) is 25.2. The second kappa shape index (κ2) is 7.78. The highest BCUT2D eigenvalue weighted by Crippen LogP contribution is 2.25. The topological polar surface area (TPSA) is 97.1 Å². The summed E-state index contributed by atoms with van der Waals surface area (Å²) in [6.07, 6.45) is 4.05. The van der Waals surface area contributed by atoms with E-state index >= 15 is 0 Å². The molecule has 2 N–H and O–H groups in total. The van der Waals surface area contributed by atoms with E-state index in [1.54, 1.807) is 7.05 Å². The maximum Gasteiger partial charge on any atom is 0.242 e. The van der Waals surface area contributed by atoms with Crippen molar-refractivity contribution >= 4 is 28.4 Å². The van der Waals surface area contributed by atoms with E-state index in [4.69, 9.17) is 0 Å². The Morgan fingerprint density at radius 2 is 2.07 bits per heavy atom. The number of benzene rings is 1. The summed E-state index contributed by atoms with van der Waals surface area (Å²) in [5.74, 6) is -0.0630. The van der Waals surface area contributed by atoms with Gasteiger partial charge in [-0.3, -0.25) is 9.78 Å². The number of halogens is 1. The van der Waals surface area contributed by atoms with Crippen molar-refractivity contribution in [3.05, 3.63) is 48.5 Å². The molecule has 0 radical (unpaired) electrons. The molecule has 0 aliphatic heterocycles. The number of fused-ring (bicyclic) bond motifs is 3. The number of para-hydroxylation sites is 1. The Kier molecular flexibility index (Phi) is 5.03. The number of hydrogen-bond donors (Lipinski definition) is 2. The van der Waals surface area contributed by atoms with E-state index in [1.807, 2.05) is 31.2 Å². The molecule has 0 aliphatic carbocycles. The van der Waals surface area contributed by atoms with E-state index in [9.17, 15) is 9.18 Å². The van der Waals surface area contributed by atoms with Gasteiger partial charge in [0.05, 0.1) is 17.3 Å². The van der Waals surface area contributed by atoms with Crippen LogP contribution >= 0.6 is 0 Å². The van der Waals surface area contributed by atoms with Crippen LogP contribution in [0, 0.1) is 5.82 Å². The highest BCUT2D eigenvalue weighted by atomic mass is 19.1. The minimum atomic E-state index is -0.510. The van der Waals surface area contributed by atoms with Crippen LogP contribution in [0.25, 0.3) is 27.9 Å². The lowest BCUT2D eigenvalue weighted by atomic mass is 10.1. The number of nitrogens with one attached hydrogen (secondary N) is 2. The lowest BCUT2D eigenvalue weighted by molar-refractivity contribution is -0.121. The smallest absolute Gasteiger partial charge is 0.242 e. The third-order valence-electron chi connectivity index (χ3n) is 4.64. The van der Waals surface area contributed by atoms with Gasteiger partial charge in [-0.2, -0.15) is 4.52 Å². The van der Waals surface area contributed by atoms with Gasteiger partial charge < -0.3 is 10.6 Å². The normalized spacial score (nSPS) is 12.2. The zero-order valence-electron chi connectivity index (χ0n) is 16.1. The van der Waals surface area contributed by atoms with Crippen LogP contribution in [0.15, 0.2) is 42.7 Å². The van der Waals surface area contributed by atoms with Crippen LogP contribution in [-0.2, 0) is 4.79 Å². The molecule has 0 spiro atoms. The van der Waals surface area contributed by atoms with E-state index in [0.717, 1.165) is 18.0 Å². The lowest BCUT2D eigenvalue weighted by Crippen LogP contribution is -2.38. The van der Waals surface area contributed by atoms with Crippen molar-refractivity contribution in [3.8, 4) is 11.4 Å². The second-order valence-corrected chi connectivity index (χ2v) is 6.58. The van der Waals surface area contributed by atoms with Crippen molar-refractivity contribution in [1.29, 1.82) is 0 Å². The fourth-order valence-corrected chi connectivity index (χ4v) is 3.21. The van der Waals surface area contributed by atoms with Gasteiger partial charge >= 0.3 is 0 Å². The summed E-state index contributed by atoms with van der Waals surface area (Å²) in [5.41, 5.74) is 1.47. The molecule has 0 saturated carbocycles. The first-order valence-corrected chi connectivity index (χ1v) is 9.36. The average Bonchev–Trinajstić information content (AvgIpc) is 3.19. The van der Waals surface area contributed by atoms with Gasteiger partial charge in [0.25, 0.3) is 0 Å². The van der Waals surface area contributed by atoms with Crippen LogP contribution in [0.2, 0.25) is 0 Å². The first kappa shape index (κ1) is 18.7. The van der Waals surface area contributed by atoms with E-state index in [2.05, 4.69) is 30.7 Å². The molecule has 4 rings (SSSR count). The number of nitrogens with zero attached hydrogens (tertiary/aromatic N) is 5. The van der Waals surface area contributed by atoms with Crippen LogP contribution in [0.3, 0.4) is 0 Å². The molecular weight excluding hydrogens is 373 g/mol. The van der Waals surface area contributed by atoms with Gasteiger partial charge in [-0.1, -0.05) is 25.5 Å². The SMILES string of the molecule is CCC[C@@H](Nc1nc2ccccc2c2nc(-c3ccncc3F)nn12)C(=O)NC. The number of pyridine rings is 1. The standard InChI is InChI=1S/C20H20FN7O/c1-3-6-16(19(29)22-2)25-20-24-15-8-5-4-7-13(15)18-26-17(27-28(18)20)12-9-10-23-11-14(12)21/h4-5,7-11,16H,3,6H2,1-2H3,(H,22,29)(H,24,25)/t16-/m1/s1. The Bertz CT molecular complexity index is 1190. The van der Waals surface area contributed by atoms with Crippen LogP contribution in [0.4, 0.5) is 10.3 Å². The molecule has 0 fully saturated rings. The van der Waals surface area contributed by atoms with Crippen LogP contribution in [0.5, 0.6) is 0 Å². The molecule has 29 heavy (non-hydrogen) atoms. The first-order valence-electron chi connectivity index (χ1n) is 9.36. The summed E-state index contributed by atoms with van der Waals surface area (Å²) >= 11 is 0. The predicted octanol–water partition coefficient (Wildman–Crippen LogP) is 2.81. The maximum atomic E-state index is 14.2. The molecule has 1 atom stereocenters. The van der Waals surface area contributed by atoms with E-state index in [1.165, 1.54) is 16.8 Å². The monoisotopic (exact) mass is 393 g/mol. The van der Waals surface area contributed by atoms with Gasteiger partial charge in [0.15, 0.2) is 17.3 Å². The number of amides is 1. The van der Waals surface area contributed by atoms with Crippen LogP contribution < -0.4 is 10.6 Å². The molecule has 3 aromatic heterocycles. The molecule has 0 unspecified atom stereocenters. The summed E-state index contributed by atoms with van der Waals surface area (Å²) in [6.45, 7) is 2.00. The molecule has 0 saturated heterocycles. The first-order chi connectivity index (χ1) is 14.1. The zero-order chi connectivity index (χ0) is 20.4. The third-order valence-corrected chi connectivity index (χ3v) is 4.64. The molecule has 0 aliphatic rings. The number of carbonyl (C=O) groups excluding carboxylic acids is 1. The van der Waals surface area contributed by atoms with E-state index in [0.29, 0.717) is 23.5 Å². The Labute approximate surface area is 166 Å². The molecular formula is C20H20FN7O. The molecule has 148 valence electrons. The quantitative estimate of drug-likeness (QED) is 0.523. The number of anilines is 1. The van der Waals surface area contributed by atoms with Gasteiger partial charge in [-0.05, 0) is 24.6 Å². The summed E-state index contributed by atoms with van der Waals surface area (Å²) in [7, 11) is 1.59. The van der Waals surface area contributed by atoms with Crippen molar-refractivity contribution in [1.82, 2.24) is 29.9 Å². The van der Waals surface area contributed by atoms with Crippen molar-refractivity contribution < 1.29 is 9.18 Å². The van der Waals surface area contributed by atoms with Crippen molar-refractivity contribution in [2.45, 2.75) is 25.8 Å². The Morgan fingerprint density at radius 1 is 1.24 bits per heavy atom. The second-order valence-electron chi connectivity index (χ2n) is 6.58. The average molecular weight is 393 g/mol. The fourth-order valence-electron chi connectivity index (χ4n) is 3.21. The largest absolute Gasteiger partial charge is 0.357 e. The van der Waals surface area contributed by atoms with Crippen molar-refractivity contribution in [2.24, 2.45) is 0 Å². The third kappa shape index (κ3) is 3.46. The highest BCUT2D eigenvalue weighted by Gasteiger charge is 2.21. The Morgan fingerprint density at radius 3 is 2.83 bits per heavy atom. The Balaban J connectivity index is 1.91. The number of aromatic nitrogens is 5. The molecule has 3 heterocycles. The van der Waals surface area contributed by atoms with Gasteiger partial charge in [0.2, 0.25) is 11.9 Å². The van der Waals surface area contributed by atoms with Crippen LogP contribution in [-0.4, -0.2) is 43.6 Å². The number of hydrogen-bond acceptors (Lipinski definition) is 6. The molecule has 8 nitrogen and oxygen atoms in total. The molecule has 0 bridgehead atoms. The van der Waals surface area contributed by atoms with Gasteiger partial charge in [0, 0.05) is 18.6 Å². The number of likely N-dealkylation sites (N-methyl/N-ethyl adjacent to an activating group) is 1. The lowest BCUT2D eigenvalue weighted by Gasteiger charge is -2.17. The zero-order valence-corrected chi connectivity index (χ0v) is 16.1. The molecule has 4 aromatic rings. The predicted molar refractivity (Wildman–Crippen MR) is 108 cm³/mol. The van der Waals surface area contributed by atoms with Gasteiger partial charge in [-0.25, -0.2) is 14.4 Å². The fraction of sp³-hybridized carbons (Fsp3) is 0.250. The highest BCUT2D eigenvalue weighted by molar-refractivity contribution is 5.93. The summed E-state index contributed by atoms with van der Waals surface area (Å²) in [6, 6.07) is 8.53. The molecule has 1 aromatic carbocycles. The molecule has 9 heteroatoms. The minimum Gasteiger partial charge on any atom is -0.357 e. The molecule has 1 amide bonds. The summed E-state index contributed by atoms with van der Waals surface area (Å²) in [5, 5.41) is 11.1. The number of rotatable bonds is 6. The van der Waals surface area contributed by atoms with Crippen molar-refractivity contribution in [2.75, 3.05) is 12.4 Å². The van der Waals surface area contributed by atoms with E-state index in [-0.39, 0.29) is 17.3 Å². The van der Waals surface area contributed by atoms with E-state index < -0.39 is 11.9 Å². The maximum absolute atomic E-state index is 14.2. The van der Waals surface area contributed by atoms with Gasteiger partial charge in [0.1, 0.15) is 6.04 Å².